The standard InChI is InChI=1S/C11H12O3/c1-7(2)8-5-3-4-6-9(8)10(12)11(13)14/h3-7H,1-2H3,(H,13,14)/p-1. The van der Waals surface area contributed by atoms with Gasteiger partial charge in [-0.1, -0.05) is 38.1 Å². The second kappa shape index (κ2) is 4.05. The molecule has 1 rings (SSSR count). The van der Waals surface area contributed by atoms with Crippen molar-refractivity contribution < 1.29 is 14.7 Å². The van der Waals surface area contributed by atoms with Crippen LogP contribution in [0, 0.1) is 0 Å². The van der Waals surface area contributed by atoms with E-state index in [4.69, 9.17) is 0 Å². The van der Waals surface area contributed by atoms with Crippen molar-refractivity contribution in [3.63, 3.8) is 0 Å². The molecule has 1 aromatic carbocycles. The third-order valence-electron chi connectivity index (χ3n) is 2.01. The summed E-state index contributed by atoms with van der Waals surface area (Å²) in [5.41, 5.74) is 0.962. The first-order valence-electron chi connectivity index (χ1n) is 4.38. The maximum atomic E-state index is 11.2. The molecule has 0 aromatic heterocycles. The third-order valence-corrected chi connectivity index (χ3v) is 2.01. The van der Waals surface area contributed by atoms with Gasteiger partial charge < -0.3 is 9.90 Å². The summed E-state index contributed by atoms with van der Waals surface area (Å²) in [4.78, 5) is 21.6. The largest absolute Gasteiger partial charge is 0.541 e. The first kappa shape index (κ1) is 10.4. The lowest BCUT2D eigenvalue weighted by Crippen LogP contribution is -2.32. The molecule has 0 heterocycles. The molecular formula is C11H11O3-. The second-order valence-electron chi connectivity index (χ2n) is 3.36. The zero-order valence-electron chi connectivity index (χ0n) is 8.11. The topological polar surface area (TPSA) is 57.2 Å². The molecule has 0 amide bonds. The summed E-state index contributed by atoms with van der Waals surface area (Å²) in [7, 11) is 0. The Hall–Kier alpha value is -1.64. The molecule has 0 spiro atoms. The van der Waals surface area contributed by atoms with E-state index in [1.54, 1.807) is 18.2 Å². The Morgan fingerprint density at radius 1 is 1.21 bits per heavy atom. The normalized spacial score (nSPS) is 10.2. The van der Waals surface area contributed by atoms with Crippen LogP contribution in [0.2, 0.25) is 0 Å². The zero-order chi connectivity index (χ0) is 10.7. The predicted molar refractivity (Wildman–Crippen MR) is 49.9 cm³/mol. The van der Waals surface area contributed by atoms with E-state index in [-0.39, 0.29) is 11.5 Å². The molecule has 0 atom stereocenters. The van der Waals surface area contributed by atoms with Crippen molar-refractivity contribution in [2.24, 2.45) is 0 Å². The Bertz CT molecular complexity index is 367. The van der Waals surface area contributed by atoms with Gasteiger partial charge in [-0.05, 0) is 11.5 Å². The number of carbonyl (C=O) groups excluding carboxylic acids is 2. The van der Waals surface area contributed by atoms with Gasteiger partial charge in [0.15, 0.2) is 0 Å². The van der Waals surface area contributed by atoms with Crippen LogP contribution in [0.3, 0.4) is 0 Å². The summed E-state index contributed by atoms with van der Waals surface area (Å²) in [6.45, 7) is 3.81. The number of aliphatic carboxylic acids is 1. The van der Waals surface area contributed by atoms with Crippen molar-refractivity contribution in [2.45, 2.75) is 19.8 Å². The van der Waals surface area contributed by atoms with Crippen LogP contribution in [0.5, 0.6) is 0 Å². The number of hydrogen-bond acceptors (Lipinski definition) is 3. The average molecular weight is 191 g/mol. The second-order valence-corrected chi connectivity index (χ2v) is 3.36. The number of hydrogen-bond donors (Lipinski definition) is 0. The monoisotopic (exact) mass is 191 g/mol. The van der Waals surface area contributed by atoms with E-state index in [0.717, 1.165) is 5.56 Å². The van der Waals surface area contributed by atoms with E-state index < -0.39 is 11.8 Å². The van der Waals surface area contributed by atoms with Gasteiger partial charge in [0, 0.05) is 5.56 Å². The van der Waals surface area contributed by atoms with Gasteiger partial charge in [0.1, 0.15) is 5.97 Å². The van der Waals surface area contributed by atoms with Gasteiger partial charge in [-0.15, -0.1) is 0 Å². The summed E-state index contributed by atoms with van der Waals surface area (Å²) in [5.74, 6) is -2.48. The third kappa shape index (κ3) is 1.99. The Morgan fingerprint density at radius 3 is 2.29 bits per heavy atom. The quantitative estimate of drug-likeness (QED) is 0.523. The van der Waals surface area contributed by atoms with Crippen molar-refractivity contribution in [1.82, 2.24) is 0 Å². The van der Waals surface area contributed by atoms with Crippen LogP contribution in [0.25, 0.3) is 0 Å². The van der Waals surface area contributed by atoms with Crippen LogP contribution < -0.4 is 5.11 Å². The zero-order valence-corrected chi connectivity index (χ0v) is 8.11. The van der Waals surface area contributed by atoms with Crippen molar-refractivity contribution in [1.29, 1.82) is 0 Å². The summed E-state index contributed by atoms with van der Waals surface area (Å²) < 4.78 is 0. The highest BCUT2D eigenvalue weighted by atomic mass is 16.4. The molecule has 1 aromatic rings. The van der Waals surface area contributed by atoms with Gasteiger partial charge in [-0.2, -0.15) is 0 Å². The van der Waals surface area contributed by atoms with Crippen LogP contribution in [0.1, 0.15) is 35.7 Å². The number of Topliss-reactive ketones (excluding diaryl/α,β-unsaturated/α-hetero) is 1. The van der Waals surface area contributed by atoms with Crippen LogP contribution in [-0.2, 0) is 4.79 Å². The molecule has 0 aliphatic heterocycles. The predicted octanol–water partition coefficient (Wildman–Crippen LogP) is 0.743. The van der Waals surface area contributed by atoms with Gasteiger partial charge in [-0.3, -0.25) is 4.79 Å². The van der Waals surface area contributed by atoms with E-state index in [1.165, 1.54) is 6.07 Å². The maximum Gasteiger partial charge on any atom is 0.208 e. The fraction of sp³-hybridized carbons (Fsp3) is 0.273. The van der Waals surface area contributed by atoms with Gasteiger partial charge in [0.05, 0.1) is 0 Å². The SMILES string of the molecule is CC(C)c1ccccc1C(=O)C(=O)[O-]. The molecule has 3 nitrogen and oxygen atoms in total. The highest BCUT2D eigenvalue weighted by Gasteiger charge is 2.13. The molecule has 0 saturated carbocycles. The number of ketones is 1. The Labute approximate surface area is 82.4 Å². The summed E-state index contributed by atoms with van der Waals surface area (Å²) in [6.07, 6.45) is 0. The minimum absolute atomic E-state index is 0.120. The maximum absolute atomic E-state index is 11.2. The molecule has 74 valence electrons. The van der Waals surface area contributed by atoms with Crippen molar-refractivity contribution in [3.8, 4) is 0 Å². The number of benzene rings is 1. The molecular weight excluding hydrogens is 180 g/mol. The number of carboxylic acids is 1. The minimum atomic E-state index is -1.65. The number of carbonyl (C=O) groups is 2. The molecule has 14 heavy (non-hydrogen) atoms. The molecule has 0 aliphatic carbocycles. The molecule has 0 aliphatic rings. The molecule has 0 N–H and O–H groups in total. The Kier molecular flexibility index (Phi) is 3.02. The fourth-order valence-electron chi connectivity index (χ4n) is 1.32. The molecule has 0 unspecified atom stereocenters. The molecule has 0 bridgehead atoms. The average Bonchev–Trinajstić information content (AvgIpc) is 2.16. The highest BCUT2D eigenvalue weighted by Crippen LogP contribution is 2.19. The van der Waals surface area contributed by atoms with Gasteiger partial charge in [0.2, 0.25) is 5.78 Å². The molecule has 3 heteroatoms. The van der Waals surface area contributed by atoms with E-state index >= 15 is 0 Å². The van der Waals surface area contributed by atoms with E-state index in [0.29, 0.717) is 0 Å². The lowest BCUT2D eigenvalue weighted by Gasteiger charge is -2.11. The van der Waals surface area contributed by atoms with Crippen LogP contribution >= 0.6 is 0 Å². The van der Waals surface area contributed by atoms with Gasteiger partial charge in [-0.25, -0.2) is 0 Å². The molecule has 0 fully saturated rings. The first-order valence-corrected chi connectivity index (χ1v) is 4.38. The summed E-state index contributed by atoms with van der Waals surface area (Å²) in [5, 5.41) is 10.4. The van der Waals surface area contributed by atoms with Gasteiger partial charge in [0.25, 0.3) is 0 Å². The smallest absolute Gasteiger partial charge is 0.208 e. The van der Waals surface area contributed by atoms with Gasteiger partial charge >= 0.3 is 0 Å². The Morgan fingerprint density at radius 2 is 1.79 bits per heavy atom. The summed E-state index contributed by atoms with van der Waals surface area (Å²) >= 11 is 0. The Balaban J connectivity index is 3.20. The lowest BCUT2D eigenvalue weighted by molar-refractivity contribution is -0.296. The number of carboxylic acid groups (broad SMARTS) is 1. The molecule has 0 saturated heterocycles. The first-order chi connectivity index (χ1) is 6.54. The van der Waals surface area contributed by atoms with Crippen LogP contribution in [0.15, 0.2) is 24.3 Å². The van der Waals surface area contributed by atoms with E-state index in [1.807, 2.05) is 13.8 Å². The van der Waals surface area contributed by atoms with Crippen molar-refractivity contribution >= 4 is 11.8 Å². The molecule has 0 radical (unpaired) electrons. The number of rotatable bonds is 3. The highest BCUT2D eigenvalue weighted by molar-refractivity contribution is 6.39. The van der Waals surface area contributed by atoms with E-state index in [9.17, 15) is 14.7 Å². The fourth-order valence-corrected chi connectivity index (χ4v) is 1.32. The van der Waals surface area contributed by atoms with Crippen molar-refractivity contribution in [2.75, 3.05) is 0 Å². The lowest BCUT2D eigenvalue weighted by atomic mass is 9.95. The van der Waals surface area contributed by atoms with E-state index in [2.05, 4.69) is 0 Å². The van der Waals surface area contributed by atoms with Crippen LogP contribution in [0.4, 0.5) is 0 Å². The van der Waals surface area contributed by atoms with Crippen molar-refractivity contribution in [3.05, 3.63) is 35.4 Å². The summed E-state index contributed by atoms with van der Waals surface area (Å²) in [6, 6.07) is 6.68. The minimum Gasteiger partial charge on any atom is -0.541 e. The van der Waals surface area contributed by atoms with Crippen LogP contribution in [-0.4, -0.2) is 11.8 Å².